The van der Waals surface area contributed by atoms with Crippen LogP contribution in [0.4, 0.5) is 0 Å². The van der Waals surface area contributed by atoms with Gasteiger partial charge in [-0.2, -0.15) is 0 Å². The van der Waals surface area contributed by atoms with Crippen LogP contribution in [0.3, 0.4) is 0 Å². The fourth-order valence-corrected chi connectivity index (χ4v) is 3.70. The van der Waals surface area contributed by atoms with Gasteiger partial charge in [-0.15, -0.1) is 0 Å². The van der Waals surface area contributed by atoms with E-state index in [2.05, 4.69) is 28.8 Å². The van der Waals surface area contributed by atoms with Gasteiger partial charge in [0.05, 0.1) is 11.9 Å². The highest BCUT2D eigenvalue weighted by Gasteiger charge is 2.27. The van der Waals surface area contributed by atoms with Crippen molar-refractivity contribution in [3.8, 4) is 5.82 Å². The molecule has 1 saturated heterocycles. The summed E-state index contributed by atoms with van der Waals surface area (Å²) in [6, 6.07) is 3.53. The van der Waals surface area contributed by atoms with Gasteiger partial charge in [-0.1, -0.05) is 13.8 Å². The van der Waals surface area contributed by atoms with Gasteiger partial charge in [0.1, 0.15) is 5.82 Å². The first-order valence-corrected chi connectivity index (χ1v) is 9.68. The van der Waals surface area contributed by atoms with Gasteiger partial charge < -0.3 is 4.90 Å². The lowest BCUT2D eigenvalue weighted by Gasteiger charge is -2.32. The van der Waals surface area contributed by atoms with E-state index in [0.29, 0.717) is 18.0 Å². The molecule has 1 amide bonds. The van der Waals surface area contributed by atoms with Gasteiger partial charge in [0, 0.05) is 61.5 Å². The molecular weight excluding hydrogens is 352 g/mol. The predicted molar refractivity (Wildman–Crippen MR) is 105 cm³/mol. The Balaban J connectivity index is 1.56. The maximum Gasteiger partial charge on any atom is 0.253 e. The van der Waals surface area contributed by atoms with Crippen molar-refractivity contribution in [2.24, 2.45) is 0 Å². The molecule has 0 saturated carbocycles. The van der Waals surface area contributed by atoms with Crippen molar-refractivity contribution in [2.75, 3.05) is 13.1 Å². The number of rotatable bonds is 4. The van der Waals surface area contributed by atoms with Crippen LogP contribution in [0.5, 0.6) is 0 Å². The summed E-state index contributed by atoms with van der Waals surface area (Å²) in [6.45, 7) is 5.64. The molecule has 3 aromatic heterocycles. The number of likely N-dealkylation sites (tertiary alicyclic amines) is 1. The summed E-state index contributed by atoms with van der Waals surface area (Å²) in [5.74, 6) is 2.26. The van der Waals surface area contributed by atoms with Crippen LogP contribution in [0.2, 0.25) is 0 Å². The molecule has 4 rings (SSSR count). The second kappa shape index (κ2) is 7.88. The third-order valence-electron chi connectivity index (χ3n) is 5.13. The second-order valence-electron chi connectivity index (χ2n) is 7.44. The number of piperidine rings is 1. The predicted octanol–water partition coefficient (Wildman–Crippen LogP) is 3.20. The molecule has 0 aliphatic carbocycles. The van der Waals surface area contributed by atoms with Gasteiger partial charge in [0.15, 0.2) is 5.82 Å². The Labute approximate surface area is 164 Å². The number of pyridine rings is 1. The van der Waals surface area contributed by atoms with Crippen LogP contribution in [-0.2, 0) is 0 Å². The van der Waals surface area contributed by atoms with Crippen molar-refractivity contribution in [2.45, 2.75) is 38.5 Å². The Morgan fingerprint density at radius 2 is 1.96 bits per heavy atom. The lowest BCUT2D eigenvalue weighted by Crippen LogP contribution is -2.39. The molecule has 28 heavy (non-hydrogen) atoms. The summed E-state index contributed by atoms with van der Waals surface area (Å²) in [6.07, 6.45) is 12.6. The summed E-state index contributed by atoms with van der Waals surface area (Å²) >= 11 is 0. The summed E-state index contributed by atoms with van der Waals surface area (Å²) in [5.41, 5.74) is 1.60. The van der Waals surface area contributed by atoms with Gasteiger partial charge in [-0.05, 0) is 25.0 Å². The van der Waals surface area contributed by atoms with E-state index >= 15 is 0 Å². The third kappa shape index (κ3) is 3.65. The number of carbonyl (C=O) groups is 1. The van der Waals surface area contributed by atoms with Crippen LogP contribution >= 0.6 is 0 Å². The van der Waals surface area contributed by atoms with Gasteiger partial charge >= 0.3 is 0 Å². The molecule has 1 atom stereocenters. The normalized spacial score (nSPS) is 17.1. The molecule has 4 heterocycles. The Bertz CT molecular complexity index is 952. The van der Waals surface area contributed by atoms with Crippen LogP contribution in [0.25, 0.3) is 5.82 Å². The van der Waals surface area contributed by atoms with E-state index < -0.39 is 0 Å². The minimum atomic E-state index is 0.0490. The van der Waals surface area contributed by atoms with E-state index in [4.69, 9.17) is 4.98 Å². The first-order valence-electron chi connectivity index (χ1n) is 9.68. The summed E-state index contributed by atoms with van der Waals surface area (Å²) in [4.78, 5) is 32.4. The number of imidazole rings is 1. The van der Waals surface area contributed by atoms with Crippen molar-refractivity contribution in [3.05, 3.63) is 66.4 Å². The van der Waals surface area contributed by atoms with Crippen molar-refractivity contribution in [1.29, 1.82) is 0 Å². The average Bonchev–Trinajstić information content (AvgIpc) is 3.24. The van der Waals surface area contributed by atoms with Crippen molar-refractivity contribution < 1.29 is 4.79 Å². The maximum absolute atomic E-state index is 12.8. The van der Waals surface area contributed by atoms with Gasteiger partial charge in [-0.3, -0.25) is 19.3 Å². The molecule has 7 nitrogen and oxygen atoms in total. The summed E-state index contributed by atoms with van der Waals surface area (Å²) in [7, 11) is 0. The highest BCUT2D eigenvalue weighted by molar-refractivity contribution is 5.94. The number of aromatic nitrogens is 5. The quantitative estimate of drug-likeness (QED) is 0.699. The molecule has 1 aliphatic heterocycles. The first-order chi connectivity index (χ1) is 13.6. The van der Waals surface area contributed by atoms with Gasteiger partial charge in [-0.25, -0.2) is 9.97 Å². The minimum Gasteiger partial charge on any atom is -0.338 e. The number of carbonyl (C=O) groups excluding carboxylic acids is 1. The molecule has 0 spiro atoms. The monoisotopic (exact) mass is 376 g/mol. The zero-order valence-electron chi connectivity index (χ0n) is 16.2. The van der Waals surface area contributed by atoms with Crippen LogP contribution in [0.15, 0.2) is 49.3 Å². The molecule has 1 fully saturated rings. The lowest BCUT2D eigenvalue weighted by molar-refractivity contribution is 0.0705. The molecule has 7 heteroatoms. The standard InChI is InChI=1S/C21H24N6O/c1-15(2)20-24-9-11-27(20)19-13-23-12-18(25-19)17-4-3-10-26(14-17)21(28)16-5-7-22-8-6-16/h5-9,11-13,15,17H,3-4,10,14H2,1-2H3. The lowest BCUT2D eigenvalue weighted by atomic mass is 9.94. The van der Waals surface area contributed by atoms with E-state index in [0.717, 1.165) is 36.7 Å². The Morgan fingerprint density at radius 1 is 1.14 bits per heavy atom. The van der Waals surface area contributed by atoms with Crippen LogP contribution in [0, 0.1) is 0 Å². The highest BCUT2D eigenvalue weighted by atomic mass is 16.2. The molecule has 3 aromatic rings. The topological polar surface area (TPSA) is 76.8 Å². The highest BCUT2D eigenvalue weighted by Crippen LogP contribution is 2.27. The zero-order chi connectivity index (χ0) is 19.5. The van der Waals surface area contributed by atoms with Gasteiger partial charge in [0.25, 0.3) is 5.91 Å². The van der Waals surface area contributed by atoms with E-state index in [-0.39, 0.29) is 11.8 Å². The molecule has 0 bridgehead atoms. The smallest absolute Gasteiger partial charge is 0.253 e. The van der Waals surface area contributed by atoms with Crippen molar-refractivity contribution in [3.63, 3.8) is 0 Å². The largest absolute Gasteiger partial charge is 0.338 e. The number of amides is 1. The fraction of sp³-hybridized carbons (Fsp3) is 0.381. The van der Waals surface area contributed by atoms with Crippen LogP contribution in [0.1, 0.15) is 60.4 Å². The molecular formula is C21H24N6O. The fourth-order valence-electron chi connectivity index (χ4n) is 3.70. The van der Waals surface area contributed by atoms with Crippen molar-refractivity contribution in [1.82, 2.24) is 29.4 Å². The zero-order valence-corrected chi connectivity index (χ0v) is 16.2. The maximum atomic E-state index is 12.8. The Morgan fingerprint density at radius 3 is 2.75 bits per heavy atom. The SMILES string of the molecule is CC(C)c1nccn1-c1cncc(C2CCCN(C(=O)c3ccncc3)C2)n1. The summed E-state index contributed by atoms with van der Waals surface area (Å²) < 4.78 is 1.99. The second-order valence-corrected chi connectivity index (χ2v) is 7.44. The Hall–Kier alpha value is -3.09. The summed E-state index contributed by atoms with van der Waals surface area (Å²) in [5, 5.41) is 0. The van der Waals surface area contributed by atoms with Crippen molar-refractivity contribution >= 4 is 5.91 Å². The minimum absolute atomic E-state index is 0.0490. The van der Waals surface area contributed by atoms with E-state index in [1.165, 1.54) is 0 Å². The third-order valence-corrected chi connectivity index (χ3v) is 5.13. The molecule has 144 valence electrons. The van der Waals surface area contributed by atoms with Gasteiger partial charge in [0.2, 0.25) is 0 Å². The van der Waals surface area contributed by atoms with Crippen LogP contribution in [-0.4, -0.2) is 48.4 Å². The Kier molecular flexibility index (Phi) is 5.14. The van der Waals surface area contributed by atoms with E-state index in [1.807, 2.05) is 21.9 Å². The number of hydrogen-bond acceptors (Lipinski definition) is 5. The molecule has 1 unspecified atom stereocenters. The first kappa shape index (κ1) is 18.3. The van der Waals surface area contributed by atoms with Crippen LogP contribution < -0.4 is 0 Å². The number of nitrogens with zero attached hydrogens (tertiary/aromatic N) is 6. The number of hydrogen-bond donors (Lipinski definition) is 0. The van der Waals surface area contributed by atoms with E-state index in [1.54, 1.807) is 36.9 Å². The van der Waals surface area contributed by atoms with E-state index in [9.17, 15) is 4.79 Å². The molecule has 0 radical (unpaired) electrons. The molecule has 0 N–H and O–H groups in total. The molecule has 1 aliphatic rings. The average molecular weight is 376 g/mol. The molecule has 0 aromatic carbocycles.